The van der Waals surface area contributed by atoms with Gasteiger partial charge in [0.1, 0.15) is 0 Å². The van der Waals surface area contributed by atoms with E-state index in [1.807, 2.05) is 0 Å². The van der Waals surface area contributed by atoms with Gasteiger partial charge >= 0.3 is 0 Å². The number of anilines is 6. The summed E-state index contributed by atoms with van der Waals surface area (Å²) in [5, 5.41) is 5.57. The van der Waals surface area contributed by atoms with Crippen molar-refractivity contribution in [2.75, 3.05) is 9.80 Å². The van der Waals surface area contributed by atoms with E-state index in [1.54, 1.807) is 0 Å². The molecular weight excluding hydrogens is 633 g/mol. The van der Waals surface area contributed by atoms with Crippen LogP contribution in [0.3, 0.4) is 0 Å². The SMILES string of the molecule is c1ccc(N(c2ccccc2)c2ccc3c(c2)[Si](c2ccccc2)(c2ccccc2)c2cc(N(c4ccccc4)c4ccccc4)ccc2-3)cc1. The smallest absolute Gasteiger partial charge is 0.181 e. The minimum Gasteiger partial charge on any atom is -0.311 e. The van der Waals surface area contributed by atoms with Gasteiger partial charge in [0.25, 0.3) is 0 Å². The van der Waals surface area contributed by atoms with Crippen LogP contribution >= 0.6 is 0 Å². The van der Waals surface area contributed by atoms with Crippen molar-refractivity contribution in [1.29, 1.82) is 0 Å². The third kappa shape index (κ3) is 5.27. The standard InChI is InChI=1S/C48H36N2Si/c1-7-19-37(20-8-1)49(38-21-9-2-10-22-38)41-31-33-45-46-34-32-42(50(39-23-11-3-12-24-39)40-25-13-4-14-26-40)36-48(46)51(47(45)35-41,43-27-15-5-16-28-43)44-29-17-6-18-30-44/h1-36H. The molecule has 0 N–H and O–H groups in total. The Morgan fingerprint density at radius 2 is 0.529 bits per heavy atom. The summed E-state index contributed by atoms with van der Waals surface area (Å²) in [5.74, 6) is 0. The molecule has 0 radical (unpaired) electrons. The molecule has 9 rings (SSSR count). The average molecular weight is 669 g/mol. The Bertz CT molecular complexity index is 2150. The number of para-hydroxylation sites is 4. The molecule has 0 amide bonds. The lowest BCUT2D eigenvalue weighted by Gasteiger charge is -2.33. The van der Waals surface area contributed by atoms with E-state index in [2.05, 4.69) is 228 Å². The van der Waals surface area contributed by atoms with E-state index >= 15 is 0 Å². The molecule has 0 saturated carbocycles. The highest BCUT2D eigenvalue weighted by Crippen LogP contribution is 2.40. The van der Waals surface area contributed by atoms with Crippen molar-refractivity contribution < 1.29 is 0 Å². The Morgan fingerprint density at radius 3 is 0.824 bits per heavy atom. The molecule has 3 heteroatoms. The van der Waals surface area contributed by atoms with Crippen molar-refractivity contribution >= 4 is 62.9 Å². The first-order valence-electron chi connectivity index (χ1n) is 17.5. The third-order valence-electron chi connectivity index (χ3n) is 10.1. The fourth-order valence-corrected chi connectivity index (χ4v) is 13.2. The summed E-state index contributed by atoms with van der Waals surface area (Å²) < 4.78 is 0. The van der Waals surface area contributed by atoms with Crippen LogP contribution in [0.15, 0.2) is 218 Å². The monoisotopic (exact) mass is 668 g/mol. The molecule has 0 fully saturated rings. The lowest BCUT2D eigenvalue weighted by molar-refractivity contribution is 1.29. The topological polar surface area (TPSA) is 6.48 Å². The number of fused-ring (bicyclic) bond motifs is 3. The molecule has 242 valence electrons. The highest BCUT2D eigenvalue weighted by Gasteiger charge is 2.49. The van der Waals surface area contributed by atoms with E-state index < -0.39 is 8.07 Å². The molecule has 0 saturated heterocycles. The van der Waals surface area contributed by atoms with E-state index in [4.69, 9.17) is 0 Å². The molecule has 8 aromatic carbocycles. The normalized spacial score (nSPS) is 12.5. The summed E-state index contributed by atoms with van der Waals surface area (Å²) in [4.78, 5) is 4.77. The first kappa shape index (κ1) is 30.6. The fourth-order valence-electron chi connectivity index (χ4n) is 7.95. The third-order valence-corrected chi connectivity index (χ3v) is 14.9. The maximum Gasteiger partial charge on any atom is 0.181 e. The fraction of sp³-hybridized carbons (Fsp3) is 0. The number of nitrogens with zero attached hydrogens (tertiary/aromatic N) is 2. The van der Waals surface area contributed by atoms with Crippen LogP contribution in [-0.2, 0) is 0 Å². The lowest BCUT2D eigenvalue weighted by Crippen LogP contribution is -2.72. The predicted octanol–water partition coefficient (Wildman–Crippen LogP) is 9.98. The molecule has 0 aliphatic carbocycles. The van der Waals surface area contributed by atoms with Gasteiger partial charge in [-0.15, -0.1) is 0 Å². The number of benzene rings is 8. The van der Waals surface area contributed by atoms with Gasteiger partial charge in [-0.2, -0.15) is 0 Å². The van der Waals surface area contributed by atoms with Crippen LogP contribution in [0.4, 0.5) is 34.1 Å². The summed E-state index contributed by atoms with van der Waals surface area (Å²) in [6.45, 7) is 0. The summed E-state index contributed by atoms with van der Waals surface area (Å²) in [7, 11) is -2.84. The minimum atomic E-state index is -2.84. The number of hydrogen-bond acceptors (Lipinski definition) is 2. The second-order valence-corrected chi connectivity index (χ2v) is 16.7. The molecule has 8 aromatic rings. The van der Waals surface area contributed by atoms with E-state index in [0.717, 1.165) is 34.1 Å². The zero-order chi connectivity index (χ0) is 34.0. The van der Waals surface area contributed by atoms with Crippen molar-refractivity contribution in [3.63, 3.8) is 0 Å². The van der Waals surface area contributed by atoms with Gasteiger partial charge in [-0.25, -0.2) is 0 Å². The van der Waals surface area contributed by atoms with Gasteiger partial charge in [0.2, 0.25) is 0 Å². The summed E-state index contributed by atoms with van der Waals surface area (Å²) in [6, 6.07) is 79.7. The van der Waals surface area contributed by atoms with Crippen LogP contribution in [0.1, 0.15) is 0 Å². The van der Waals surface area contributed by atoms with E-state index in [0.29, 0.717) is 0 Å². The molecule has 51 heavy (non-hydrogen) atoms. The van der Waals surface area contributed by atoms with Crippen molar-refractivity contribution in [1.82, 2.24) is 0 Å². The molecule has 2 nitrogen and oxygen atoms in total. The average Bonchev–Trinajstić information content (AvgIpc) is 3.50. The largest absolute Gasteiger partial charge is 0.311 e. The van der Waals surface area contributed by atoms with Crippen LogP contribution in [0.5, 0.6) is 0 Å². The Balaban J connectivity index is 1.33. The van der Waals surface area contributed by atoms with Gasteiger partial charge in [-0.1, -0.05) is 146 Å². The first-order valence-corrected chi connectivity index (χ1v) is 19.5. The highest BCUT2D eigenvalue weighted by molar-refractivity contribution is 7.22. The zero-order valence-corrected chi connectivity index (χ0v) is 29.2. The Labute approximate surface area is 301 Å². The minimum absolute atomic E-state index is 1.13. The molecule has 1 aliphatic heterocycles. The van der Waals surface area contributed by atoms with E-state index in [1.165, 1.54) is 31.9 Å². The number of hydrogen-bond donors (Lipinski definition) is 0. The van der Waals surface area contributed by atoms with Gasteiger partial charge in [-0.05, 0) is 105 Å². The first-order chi connectivity index (χ1) is 25.3. The zero-order valence-electron chi connectivity index (χ0n) is 28.2. The van der Waals surface area contributed by atoms with Crippen LogP contribution < -0.4 is 30.5 Å². The number of rotatable bonds is 8. The summed E-state index contributed by atoms with van der Waals surface area (Å²) in [6.07, 6.45) is 0. The molecular formula is C48H36N2Si. The van der Waals surface area contributed by atoms with Crippen molar-refractivity contribution in [2.45, 2.75) is 0 Å². The Morgan fingerprint density at radius 1 is 0.255 bits per heavy atom. The van der Waals surface area contributed by atoms with Crippen molar-refractivity contribution in [2.24, 2.45) is 0 Å². The van der Waals surface area contributed by atoms with Crippen molar-refractivity contribution in [3.05, 3.63) is 218 Å². The maximum absolute atomic E-state index is 2.84. The maximum atomic E-state index is 2.49. The quantitative estimate of drug-likeness (QED) is 0.149. The highest BCUT2D eigenvalue weighted by atomic mass is 28.3. The molecule has 0 bridgehead atoms. The second kappa shape index (κ2) is 13.1. The van der Waals surface area contributed by atoms with E-state index in [9.17, 15) is 0 Å². The lowest BCUT2D eigenvalue weighted by atomic mass is 10.0. The van der Waals surface area contributed by atoms with Crippen LogP contribution in [-0.4, -0.2) is 8.07 Å². The van der Waals surface area contributed by atoms with Crippen LogP contribution in [0, 0.1) is 0 Å². The van der Waals surface area contributed by atoms with Crippen molar-refractivity contribution in [3.8, 4) is 11.1 Å². The van der Waals surface area contributed by atoms with Gasteiger partial charge < -0.3 is 9.80 Å². The molecule has 1 aliphatic rings. The molecule has 0 unspecified atom stereocenters. The molecule has 0 spiro atoms. The Kier molecular flexibility index (Phi) is 7.88. The van der Waals surface area contributed by atoms with Crippen LogP contribution in [0.25, 0.3) is 11.1 Å². The predicted molar refractivity (Wildman–Crippen MR) is 218 cm³/mol. The van der Waals surface area contributed by atoms with Gasteiger partial charge in [0.05, 0.1) is 0 Å². The molecule has 0 aromatic heterocycles. The van der Waals surface area contributed by atoms with Gasteiger partial charge in [-0.3, -0.25) is 0 Å². The van der Waals surface area contributed by atoms with Gasteiger partial charge in [0, 0.05) is 34.1 Å². The second-order valence-electron chi connectivity index (χ2n) is 13.0. The summed E-state index contributed by atoms with van der Waals surface area (Å²) >= 11 is 0. The van der Waals surface area contributed by atoms with E-state index in [-0.39, 0.29) is 0 Å². The Hall–Kier alpha value is -6.42. The van der Waals surface area contributed by atoms with Crippen LogP contribution in [0.2, 0.25) is 0 Å². The summed E-state index contributed by atoms with van der Waals surface area (Å²) in [5.41, 5.74) is 9.46. The van der Waals surface area contributed by atoms with Gasteiger partial charge in [0.15, 0.2) is 8.07 Å². The molecule has 1 heterocycles. The molecule has 0 atom stereocenters.